The number of amides is 1. The van der Waals surface area contributed by atoms with E-state index in [1.165, 1.54) is 6.92 Å². The number of hydrogen-bond donors (Lipinski definition) is 4. The zero-order valence-electron chi connectivity index (χ0n) is 6.78. The van der Waals surface area contributed by atoms with E-state index in [4.69, 9.17) is 16.6 Å². The Bertz CT molecular complexity index is 183. The number of carbonyl (C=O) groups excluding carboxylic acids is 1. The van der Waals surface area contributed by atoms with Crippen molar-refractivity contribution in [1.82, 2.24) is 5.32 Å². The highest BCUT2D eigenvalue weighted by atomic mass is 16.4. The maximum absolute atomic E-state index is 10.9. The van der Waals surface area contributed by atoms with Gasteiger partial charge in [-0.05, 0) is 6.92 Å². The summed E-state index contributed by atoms with van der Waals surface area (Å²) in [5.74, 6) is -1.65. The monoisotopic (exact) mass is 175 g/mol. The first-order valence-corrected chi connectivity index (χ1v) is 3.48. The molecule has 2 atom stereocenters. The molecule has 0 radical (unpaired) electrons. The van der Waals surface area contributed by atoms with Gasteiger partial charge < -0.3 is 21.9 Å². The lowest BCUT2D eigenvalue weighted by molar-refractivity contribution is -0.141. The highest BCUT2D eigenvalue weighted by Gasteiger charge is 2.17. The molecule has 0 spiro atoms. The fourth-order valence-corrected chi connectivity index (χ4v) is 0.489. The Morgan fingerprint density at radius 2 is 2.08 bits per heavy atom. The van der Waals surface area contributed by atoms with Gasteiger partial charge in [0.05, 0.1) is 6.04 Å². The predicted molar refractivity (Wildman–Crippen MR) is 42.3 cm³/mol. The van der Waals surface area contributed by atoms with E-state index in [0.717, 1.165) is 0 Å². The first-order valence-electron chi connectivity index (χ1n) is 3.48. The lowest BCUT2D eigenvalue weighted by Gasteiger charge is -2.12. The summed E-state index contributed by atoms with van der Waals surface area (Å²) in [5.41, 5.74) is 10.3. The van der Waals surface area contributed by atoms with Gasteiger partial charge >= 0.3 is 5.97 Å². The number of nitrogens with one attached hydrogen (secondary N) is 1. The maximum atomic E-state index is 10.9. The van der Waals surface area contributed by atoms with Gasteiger partial charge in [-0.3, -0.25) is 9.59 Å². The van der Waals surface area contributed by atoms with Crippen LogP contribution in [0.1, 0.15) is 6.92 Å². The van der Waals surface area contributed by atoms with E-state index in [9.17, 15) is 9.59 Å². The SMILES string of the molecule is C[C@@H](NC(=O)[C@H](N)CN)C(=O)O. The summed E-state index contributed by atoms with van der Waals surface area (Å²) in [6.45, 7) is 1.35. The van der Waals surface area contributed by atoms with Crippen LogP contribution in [0.3, 0.4) is 0 Å². The molecule has 0 saturated carbocycles. The maximum Gasteiger partial charge on any atom is 0.325 e. The molecular weight excluding hydrogens is 162 g/mol. The largest absolute Gasteiger partial charge is 0.480 e. The van der Waals surface area contributed by atoms with Crippen LogP contribution in [0.25, 0.3) is 0 Å². The van der Waals surface area contributed by atoms with Gasteiger partial charge in [0.15, 0.2) is 0 Å². The molecule has 70 valence electrons. The fourth-order valence-electron chi connectivity index (χ4n) is 0.489. The van der Waals surface area contributed by atoms with Crippen molar-refractivity contribution in [1.29, 1.82) is 0 Å². The molecule has 6 heteroatoms. The molecule has 6 N–H and O–H groups in total. The van der Waals surface area contributed by atoms with E-state index in [-0.39, 0.29) is 6.54 Å². The summed E-state index contributed by atoms with van der Waals surface area (Å²) < 4.78 is 0. The van der Waals surface area contributed by atoms with Crippen molar-refractivity contribution in [3.05, 3.63) is 0 Å². The molecule has 0 heterocycles. The molecule has 0 saturated heterocycles. The van der Waals surface area contributed by atoms with Crippen molar-refractivity contribution in [2.24, 2.45) is 11.5 Å². The highest BCUT2D eigenvalue weighted by Crippen LogP contribution is 1.83. The molecule has 0 fully saturated rings. The van der Waals surface area contributed by atoms with Crippen LogP contribution in [-0.4, -0.2) is 35.6 Å². The van der Waals surface area contributed by atoms with Crippen LogP contribution < -0.4 is 16.8 Å². The second kappa shape index (κ2) is 4.68. The first kappa shape index (κ1) is 10.9. The number of nitrogens with two attached hydrogens (primary N) is 2. The van der Waals surface area contributed by atoms with E-state index < -0.39 is 24.0 Å². The molecule has 12 heavy (non-hydrogen) atoms. The summed E-state index contributed by atoms with van der Waals surface area (Å²) in [6.07, 6.45) is 0. The molecule has 0 aliphatic rings. The zero-order valence-corrected chi connectivity index (χ0v) is 6.78. The van der Waals surface area contributed by atoms with Gasteiger partial charge in [-0.25, -0.2) is 0 Å². The minimum Gasteiger partial charge on any atom is -0.480 e. The van der Waals surface area contributed by atoms with Gasteiger partial charge in [0.2, 0.25) is 5.91 Å². The third-order valence-electron chi connectivity index (χ3n) is 1.32. The zero-order chi connectivity index (χ0) is 9.72. The Kier molecular flexibility index (Phi) is 4.24. The lowest BCUT2D eigenvalue weighted by Crippen LogP contribution is -2.50. The quantitative estimate of drug-likeness (QED) is 0.389. The number of carboxylic acids is 1. The van der Waals surface area contributed by atoms with Gasteiger partial charge in [-0.15, -0.1) is 0 Å². The molecule has 0 aromatic rings. The average molecular weight is 175 g/mol. The Labute approximate surface area is 69.9 Å². The van der Waals surface area contributed by atoms with Crippen molar-refractivity contribution in [2.45, 2.75) is 19.0 Å². The van der Waals surface area contributed by atoms with E-state index >= 15 is 0 Å². The second-order valence-electron chi connectivity index (χ2n) is 2.41. The number of carboxylic acid groups (broad SMARTS) is 1. The predicted octanol–water partition coefficient (Wildman–Crippen LogP) is -2.14. The Morgan fingerprint density at radius 1 is 1.58 bits per heavy atom. The van der Waals surface area contributed by atoms with E-state index in [1.54, 1.807) is 0 Å². The fraction of sp³-hybridized carbons (Fsp3) is 0.667. The molecule has 0 bridgehead atoms. The van der Waals surface area contributed by atoms with Crippen molar-refractivity contribution >= 4 is 11.9 Å². The van der Waals surface area contributed by atoms with Crippen molar-refractivity contribution < 1.29 is 14.7 Å². The van der Waals surface area contributed by atoms with Crippen LogP contribution in [0.15, 0.2) is 0 Å². The van der Waals surface area contributed by atoms with Crippen LogP contribution in [0, 0.1) is 0 Å². The topological polar surface area (TPSA) is 118 Å². The van der Waals surface area contributed by atoms with Crippen LogP contribution >= 0.6 is 0 Å². The van der Waals surface area contributed by atoms with Crippen molar-refractivity contribution in [3.63, 3.8) is 0 Å². The Morgan fingerprint density at radius 3 is 2.42 bits per heavy atom. The average Bonchev–Trinajstić information content (AvgIpc) is 2.02. The van der Waals surface area contributed by atoms with Crippen molar-refractivity contribution in [3.8, 4) is 0 Å². The number of rotatable bonds is 4. The molecular formula is C6H13N3O3. The van der Waals surface area contributed by atoms with Gasteiger partial charge in [0.25, 0.3) is 0 Å². The van der Waals surface area contributed by atoms with Crippen LogP contribution in [0.4, 0.5) is 0 Å². The van der Waals surface area contributed by atoms with Crippen molar-refractivity contribution in [2.75, 3.05) is 6.54 Å². The Balaban J connectivity index is 3.92. The molecule has 0 unspecified atom stereocenters. The van der Waals surface area contributed by atoms with Gasteiger partial charge in [-0.1, -0.05) is 0 Å². The second-order valence-corrected chi connectivity index (χ2v) is 2.41. The molecule has 0 rings (SSSR count). The number of aliphatic carboxylic acids is 1. The molecule has 6 nitrogen and oxygen atoms in total. The standard InChI is InChI=1S/C6H13N3O3/c1-3(6(11)12)9-5(10)4(8)2-7/h3-4H,2,7-8H2,1H3,(H,9,10)(H,11,12)/t3-,4-/m1/s1. The first-order chi connectivity index (χ1) is 5.49. The number of hydrogen-bond acceptors (Lipinski definition) is 4. The third-order valence-corrected chi connectivity index (χ3v) is 1.32. The molecule has 0 aliphatic carbocycles. The lowest BCUT2D eigenvalue weighted by atomic mass is 10.2. The van der Waals surface area contributed by atoms with E-state index in [0.29, 0.717) is 0 Å². The third kappa shape index (κ3) is 3.31. The molecule has 0 aliphatic heterocycles. The van der Waals surface area contributed by atoms with Gasteiger partial charge in [0.1, 0.15) is 6.04 Å². The van der Waals surface area contributed by atoms with E-state index in [2.05, 4.69) is 5.32 Å². The smallest absolute Gasteiger partial charge is 0.325 e. The van der Waals surface area contributed by atoms with Crippen LogP contribution in [-0.2, 0) is 9.59 Å². The summed E-state index contributed by atoms with van der Waals surface area (Å²) in [7, 11) is 0. The number of carbonyl (C=O) groups is 2. The molecule has 1 amide bonds. The summed E-state index contributed by atoms with van der Waals surface area (Å²) >= 11 is 0. The highest BCUT2D eigenvalue weighted by molar-refractivity contribution is 5.86. The minimum absolute atomic E-state index is 0.00181. The molecule has 0 aromatic heterocycles. The summed E-state index contributed by atoms with van der Waals surface area (Å²) in [6, 6.07) is -1.78. The van der Waals surface area contributed by atoms with E-state index in [1.807, 2.05) is 0 Å². The Hall–Kier alpha value is -1.14. The van der Waals surface area contributed by atoms with Crippen LogP contribution in [0.2, 0.25) is 0 Å². The normalized spacial score (nSPS) is 14.9. The summed E-state index contributed by atoms with van der Waals surface area (Å²) in [4.78, 5) is 21.2. The summed E-state index contributed by atoms with van der Waals surface area (Å²) in [5, 5.41) is 10.6. The van der Waals surface area contributed by atoms with Gasteiger partial charge in [0, 0.05) is 6.54 Å². The van der Waals surface area contributed by atoms with Gasteiger partial charge in [-0.2, -0.15) is 0 Å². The van der Waals surface area contributed by atoms with Crippen LogP contribution in [0.5, 0.6) is 0 Å². The minimum atomic E-state index is -1.10. The molecule has 0 aromatic carbocycles.